The smallest absolute Gasteiger partial charge is 0.121 e. The molecule has 0 aliphatic carbocycles. The lowest BCUT2D eigenvalue weighted by molar-refractivity contribution is 0.415. The van der Waals surface area contributed by atoms with E-state index in [9.17, 15) is 0 Å². The molecule has 78 valence electrons. The zero-order valence-electron chi connectivity index (χ0n) is 8.34. The van der Waals surface area contributed by atoms with E-state index >= 15 is 0 Å². The Morgan fingerprint density at radius 3 is 2.80 bits per heavy atom. The highest BCUT2D eigenvalue weighted by Crippen LogP contribution is 2.30. The van der Waals surface area contributed by atoms with Crippen LogP contribution >= 0.6 is 34.2 Å². The van der Waals surface area contributed by atoms with Gasteiger partial charge in [-0.05, 0) is 41.6 Å². The van der Waals surface area contributed by atoms with E-state index in [0.717, 1.165) is 30.9 Å². The van der Waals surface area contributed by atoms with E-state index in [1.165, 1.54) is 0 Å². The summed E-state index contributed by atoms with van der Waals surface area (Å²) in [7, 11) is 1.64. The summed E-state index contributed by atoms with van der Waals surface area (Å²) in [5.41, 5.74) is 1.82. The zero-order chi connectivity index (χ0) is 11.0. The van der Waals surface area contributed by atoms with Crippen molar-refractivity contribution in [3.8, 4) is 5.75 Å². The van der Waals surface area contributed by atoms with Gasteiger partial charge in [0.1, 0.15) is 5.75 Å². The standard InChI is InChI=1S/C11H9ClINO/c1-6-11(13)10(12)8-4-3-7(15-2)5-9(8)14-6/h3-5H,1-2H3. The molecule has 0 N–H and O–H groups in total. The summed E-state index contributed by atoms with van der Waals surface area (Å²) < 4.78 is 6.15. The van der Waals surface area contributed by atoms with Gasteiger partial charge >= 0.3 is 0 Å². The Bertz CT molecular complexity index is 527. The van der Waals surface area contributed by atoms with Gasteiger partial charge in [-0.2, -0.15) is 0 Å². The van der Waals surface area contributed by atoms with E-state index in [0.29, 0.717) is 0 Å². The monoisotopic (exact) mass is 333 g/mol. The molecule has 2 aromatic rings. The molecule has 0 unspecified atom stereocenters. The summed E-state index contributed by atoms with van der Waals surface area (Å²) in [5, 5.41) is 1.73. The molecule has 2 rings (SSSR count). The molecule has 0 aliphatic rings. The second-order valence-corrected chi connectivity index (χ2v) is 4.66. The van der Waals surface area contributed by atoms with Crippen LogP contribution in [0, 0.1) is 10.5 Å². The van der Waals surface area contributed by atoms with Crippen molar-refractivity contribution in [2.24, 2.45) is 0 Å². The largest absolute Gasteiger partial charge is 0.497 e. The maximum Gasteiger partial charge on any atom is 0.121 e. The van der Waals surface area contributed by atoms with Gasteiger partial charge in [-0.3, -0.25) is 4.98 Å². The summed E-state index contributed by atoms with van der Waals surface area (Å²) in [6.07, 6.45) is 0. The van der Waals surface area contributed by atoms with Crippen LogP contribution in [0.1, 0.15) is 5.69 Å². The Balaban J connectivity index is 2.80. The molecule has 0 bridgehead atoms. The average molecular weight is 334 g/mol. The van der Waals surface area contributed by atoms with Crippen LogP contribution in [0.3, 0.4) is 0 Å². The molecule has 0 amide bonds. The van der Waals surface area contributed by atoms with Gasteiger partial charge in [0.05, 0.1) is 26.9 Å². The molecule has 1 heterocycles. The molecule has 4 heteroatoms. The zero-order valence-corrected chi connectivity index (χ0v) is 11.3. The van der Waals surface area contributed by atoms with Gasteiger partial charge in [-0.25, -0.2) is 0 Å². The van der Waals surface area contributed by atoms with Crippen molar-refractivity contribution in [2.75, 3.05) is 7.11 Å². The van der Waals surface area contributed by atoms with Gasteiger partial charge in [-0.1, -0.05) is 11.6 Å². The highest BCUT2D eigenvalue weighted by Gasteiger charge is 2.08. The normalized spacial score (nSPS) is 10.7. The molecule has 15 heavy (non-hydrogen) atoms. The first-order valence-electron chi connectivity index (χ1n) is 4.43. The van der Waals surface area contributed by atoms with Crippen LogP contribution in [0.25, 0.3) is 10.9 Å². The minimum Gasteiger partial charge on any atom is -0.497 e. The topological polar surface area (TPSA) is 22.1 Å². The lowest BCUT2D eigenvalue weighted by atomic mass is 10.2. The lowest BCUT2D eigenvalue weighted by Crippen LogP contribution is -1.91. The van der Waals surface area contributed by atoms with Gasteiger partial charge in [0, 0.05) is 11.5 Å². The molecule has 1 aromatic heterocycles. The summed E-state index contributed by atoms with van der Waals surface area (Å²) >= 11 is 8.45. The molecular formula is C11H9ClINO. The van der Waals surface area contributed by atoms with Crippen LogP contribution in [0.4, 0.5) is 0 Å². The summed E-state index contributed by atoms with van der Waals surface area (Å²) in [6.45, 7) is 1.95. The number of aryl methyl sites for hydroxylation is 1. The summed E-state index contributed by atoms with van der Waals surface area (Å²) in [6, 6.07) is 5.72. The van der Waals surface area contributed by atoms with Gasteiger partial charge in [-0.15, -0.1) is 0 Å². The molecular weight excluding hydrogens is 324 g/mol. The van der Waals surface area contributed by atoms with Crippen molar-refractivity contribution < 1.29 is 4.74 Å². The first kappa shape index (κ1) is 11.0. The number of pyridine rings is 1. The van der Waals surface area contributed by atoms with Crippen molar-refractivity contribution >= 4 is 45.1 Å². The third kappa shape index (κ3) is 1.90. The third-order valence-electron chi connectivity index (χ3n) is 2.24. The number of halogens is 2. The van der Waals surface area contributed by atoms with Crippen LogP contribution in [0.15, 0.2) is 18.2 Å². The maximum atomic E-state index is 6.24. The van der Waals surface area contributed by atoms with E-state index < -0.39 is 0 Å². The average Bonchev–Trinajstić information content (AvgIpc) is 2.25. The molecule has 0 saturated heterocycles. The van der Waals surface area contributed by atoms with Crippen LogP contribution in [0.5, 0.6) is 5.75 Å². The Hall–Kier alpha value is -0.550. The van der Waals surface area contributed by atoms with Crippen LogP contribution in [-0.4, -0.2) is 12.1 Å². The minimum atomic E-state index is 0.765. The summed E-state index contributed by atoms with van der Waals surface area (Å²) in [5.74, 6) is 0.798. The van der Waals surface area contributed by atoms with E-state index in [4.69, 9.17) is 16.3 Å². The third-order valence-corrected chi connectivity index (χ3v) is 4.27. The number of benzene rings is 1. The fourth-order valence-corrected chi connectivity index (χ4v) is 2.13. The SMILES string of the molecule is COc1ccc2c(Cl)c(I)c(C)nc2c1. The Labute approximate surface area is 107 Å². The molecule has 0 fully saturated rings. The number of ether oxygens (including phenoxy) is 1. The molecule has 0 atom stereocenters. The number of hydrogen-bond acceptors (Lipinski definition) is 2. The quantitative estimate of drug-likeness (QED) is 0.740. The number of nitrogens with zero attached hydrogens (tertiary/aromatic N) is 1. The van der Waals surface area contributed by atoms with Gasteiger partial charge in [0.15, 0.2) is 0 Å². The lowest BCUT2D eigenvalue weighted by Gasteiger charge is -2.07. The van der Waals surface area contributed by atoms with E-state index in [-0.39, 0.29) is 0 Å². The highest BCUT2D eigenvalue weighted by molar-refractivity contribution is 14.1. The fourth-order valence-electron chi connectivity index (χ4n) is 1.42. The predicted molar refractivity (Wildman–Crippen MR) is 70.8 cm³/mol. The number of hydrogen-bond donors (Lipinski definition) is 0. The Morgan fingerprint density at radius 1 is 1.40 bits per heavy atom. The molecule has 0 spiro atoms. The first-order valence-corrected chi connectivity index (χ1v) is 5.88. The molecule has 0 aliphatic heterocycles. The van der Waals surface area contributed by atoms with Crippen LogP contribution in [-0.2, 0) is 0 Å². The molecule has 2 nitrogen and oxygen atoms in total. The van der Waals surface area contributed by atoms with Crippen molar-refractivity contribution in [3.63, 3.8) is 0 Å². The second-order valence-electron chi connectivity index (χ2n) is 3.21. The van der Waals surface area contributed by atoms with E-state index in [1.807, 2.05) is 25.1 Å². The minimum absolute atomic E-state index is 0.765. The van der Waals surface area contributed by atoms with E-state index in [2.05, 4.69) is 27.6 Å². The number of rotatable bonds is 1. The fraction of sp³-hybridized carbons (Fsp3) is 0.182. The first-order chi connectivity index (χ1) is 7.13. The maximum absolute atomic E-state index is 6.24. The molecule has 0 radical (unpaired) electrons. The predicted octanol–water partition coefficient (Wildman–Crippen LogP) is 3.81. The Morgan fingerprint density at radius 2 is 2.13 bits per heavy atom. The Kier molecular flexibility index (Phi) is 3.02. The highest BCUT2D eigenvalue weighted by atomic mass is 127. The van der Waals surface area contributed by atoms with Crippen molar-refractivity contribution in [2.45, 2.75) is 6.92 Å². The van der Waals surface area contributed by atoms with Crippen LogP contribution < -0.4 is 4.74 Å². The van der Waals surface area contributed by atoms with Crippen LogP contribution in [0.2, 0.25) is 5.02 Å². The van der Waals surface area contributed by atoms with Crippen molar-refractivity contribution in [3.05, 3.63) is 32.5 Å². The van der Waals surface area contributed by atoms with Gasteiger partial charge in [0.2, 0.25) is 0 Å². The molecule has 1 aromatic carbocycles. The van der Waals surface area contributed by atoms with Crippen molar-refractivity contribution in [1.82, 2.24) is 4.98 Å². The number of fused-ring (bicyclic) bond motifs is 1. The second kappa shape index (κ2) is 4.14. The summed E-state index contributed by atoms with van der Waals surface area (Å²) in [4.78, 5) is 4.47. The number of methoxy groups -OCH3 is 1. The van der Waals surface area contributed by atoms with Gasteiger partial charge < -0.3 is 4.74 Å². The van der Waals surface area contributed by atoms with Crippen molar-refractivity contribution in [1.29, 1.82) is 0 Å². The number of aromatic nitrogens is 1. The van der Waals surface area contributed by atoms with Gasteiger partial charge in [0.25, 0.3) is 0 Å². The molecule has 0 saturated carbocycles. The van der Waals surface area contributed by atoms with E-state index in [1.54, 1.807) is 7.11 Å².